The summed E-state index contributed by atoms with van der Waals surface area (Å²) in [4.78, 5) is 26.5. The predicted molar refractivity (Wildman–Crippen MR) is 129 cm³/mol. The van der Waals surface area contributed by atoms with Crippen LogP contribution in [0, 0.1) is 5.92 Å². The predicted octanol–water partition coefficient (Wildman–Crippen LogP) is 4.25. The van der Waals surface area contributed by atoms with E-state index in [-0.39, 0.29) is 17.6 Å². The molecule has 2 aliphatic rings. The number of nitrogens with one attached hydrogen (secondary N) is 1. The summed E-state index contributed by atoms with van der Waals surface area (Å²) in [5, 5.41) is 4.06. The fraction of sp³-hybridized carbons (Fsp3) is 0.478. The van der Waals surface area contributed by atoms with Gasteiger partial charge in [-0.05, 0) is 61.8 Å². The summed E-state index contributed by atoms with van der Waals surface area (Å²) in [5.41, 5.74) is 2.15. The van der Waals surface area contributed by atoms with Crippen LogP contribution in [-0.4, -0.2) is 44.8 Å². The van der Waals surface area contributed by atoms with E-state index in [4.69, 9.17) is 16.3 Å². The third-order valence-corrected chi connectivity index (χ3v) is 9.59. The quantitative estimate of drug-likeness (QED) is 0.586. The summed E-state index contributed by atoms with van der Waals surface area (Å²) in [6, 6.07) is 6.77. The fourth-order valence-electron chi connectivity index (χ4n) is 4.46. The number of aryl methyl sites for hydroxylation is 1. The third-order valence-electron chi connectivity index (χ3n) is 6.28. The molecule has 1 amide bonds. The molecule has 1 aliphatic heterocycles. The van der Waals surface area contributed by atoms with Gasteiger partial charge in [0.2, 0.25) is 15.9 Å². The first-order valence-electron chi connectivity index (χ1n) is 11.0. The van der Waals surface area contributed by atoms with E-state index in [2.05, 4.69) is 5.32 Å². The molecule has 1 aliphatic carbocycles. The van der Waals surface area contributed by atoms with Gasteiger partial charge in [-0.2, -0.15) is 0 Å². The van der Waals surface area contributed by atoms with Gasteiger partial charge in [0.25, 0.3) is 0 Å². The van der Waals surface area contributed by atoms with Crippen molar-refractivity contribution in [3.8, 4) is 0 Å². The number of esters is 1. The molecule has 10 heteroatoms. The molecule has 2 aromatic rings. The lowest BCUT2D eigenvalue weighted by Crippen LogP contribution is -2.41. The minimum absolute atomic E-state index is 0.0930. The Bertz CT molecular complexity index is 1140. The van der Waals surface area contributed by atoms with Gasteiger partial charge in [-0.25, -0.2) is 17.5 Å². The molecular weight excluding hydrogens is 484 g/mol. The number of sulfonamides is 1. The summed E-state index contributed by atoms with van der Waals surface area (Å²) in [6.07, 6.45) is 4.68. The highest BCUT2D eigenvalue weighted by molar-refractivity contribution is 7.88. The Morgan fingerprint density at radius 2 is 1.82 bits per heavy atom. The van der Waals surface area contributed by atoms with Crippen LogP contribution in [0.5, 0.6) is 0 Å². The molecule has 2 heterocycles. The van der Waals surface area contributed by atoms with E-state index in [1.165, 1.54) is 22.8 Å². The molecule has 0 atom stereocenters. The third kappa shape index (κ3) is 5.42. The number of carbonyl (C=O) groups excluding carboxylic acids is 2. The maximum atomic E-state index is 13.0. The van der Waals surface area contributed by atoms with Gasteiger partial charge in [0, 0.05) is 28.9 Å². The lowest BCUT2D eigenvalue weighted by molar-refractivity contribution is -0.120. The zero-order valence-corrected chi connectivity index (χ0v) is 20.8. The van der Waals surface area contributed by atoms with Crippen molar-refractivity contribution in [2.45, 2.75) is 44.3 Å². The second-order valence-electron chi connectivity index (χ2n) is 8.45. The van der Waals surface area contributed by atoms with Crippen molar-refractivity contribution in [2.24, 2.45) is 5.92 Å². The average molecular weight is 511 g/mol. The number of hydrogen-bond acceptors (Lipinski definition) is 6. The molecule has 0 unspecified atom stereocenters. The lowest BCUT2D eigenvalue weighted by Gasteiger charge is -2.30. The number of piperidine rings is 1. The number of anilines is 1. The zero-order chi connectivity index (χ0) is 23.6. The van der Waals surface area contributed by atoms with Gasteiger partial charge in [-0.3, -0.25) is 4.79 Å². The van der Waals surface area contributed by atoms with Crippen LogP contribution in [0.25, 0.3) is 0 Å². The standard InChI is InChI=1S/C23H27ClN2O5S2/c1-31-23(28)20-18-4-2-3-5-19(18)32-22(20)25-21(27)16-10-12-26(13-11-16)33(29,30)14-15-6-8-17(24)9-7-15/h6-9,16H,2-5,10-14H2,1H3,(H,25,27). The molecule has 1 saturated heterocycles. The van der Waals surface area contributed by atoms with Crippen LogP contribution in [0.15, 0.2) is 24.3 Å². The maximum Gasteiger partial charge on any atom is 0.341 e. The number of benzene rings is 1. The normalized spacial score (nSPS) is 17.4. The number of ether oxygens (including phenoxy) is 1. The number of methoxy groups -OCH3 is 1. The molecule has 4 rings (SSSR count). The molecule has 7 nitrogen and oxygen atoms in total. The van der Waals surface area contributed by atoms with Crippen LogP contribution >= 0.6 is 22.9 Å². The SMILES string of the molecule is COC(=O)c1c(NC(=O)C2CCN(S(=O)(=O)Cc3ccc(Cl)cc3)CC2)sc2c1CCCC2. The van der Waals surface area contributed by atoms with Crippen LogP contribution in [0.4, 0.5) is 5.00 Å². The highest BCUT2D eigenvalue weighted by atomic mass is 35.5. The van der Waals surface area contributed by atoms with E-state index in [0.29, 0.717) is 47.1 Å². The number of thiophene rings is 1. The van der Waals surface area contributed by atoms with Gasteiger partial charge in [-0.15, -0.1) is 11.3 Å². The van der Waals surface area contributed by atoms with Crippen molar-refractivity contribution in [1.29, 1.82) is 0 Å². The van der Waals surface area contributed by atoms with E-state index in [1.54, 1.807) is 24.3 Å². The molecule has 1 fully saturated rings. The van der Waals surface area contributed by atoms with Crippen molar-refractivity contribution in [3.63, 3.8) is 0 Å². The molecule has 1 aromatic heterocycles. The van der Waals surface area contributed by atoms with E-state index in [0.717, 1.165) is 36.1 Å². The number of carbonyl (C=O) groups is 2. The summed E-state index contributed by atoms with van der Waals surface area (Å²) >= 11 is 7.33. The topological polar surface area (TPSA) is 92.8 Å². The summed E-state index contributed by atoms with van der Waals surface area (Å²) in [6.45, 7) is 0.581. The fourth-order valence-corrected chi connectivity index (χ4v) is 7.43. The van der Waals surface area contributed by atoms with E-state index < -0.39 is 16.0 Å². The molecule has 178 valence electrons. The number of hydrogen-bond donors (Lipinski definition) is 1. The molecule has 1 aromatic carbocycles. The first-order chi connectivity index (χ1) is 15.8. The second-order valence-corrected chi connectivity index (χ2v) is 12.0. The Kier molecular flexibility index (Phi) is 7.43. The summed E-state index contributed by atoms with van der Waals surface area (Å²) in [7, 11) is -2.13. The number of fused-ring (bicyclic) bond motifs is 1. The van der Waals surface area contributed by atoms with Crippen molar-refractivity contribution in [2.75, 3.05) is 25.5 Å². The zero-order valence-electron chi connectivity index (χ0n) is 18.4. The molecular formula is C23H27ClN2O5S2. The Labute approximate surface area is 203 Å². The number of halogens is 1. The van der Waals surface area contributed by atoms with Crippen LogP contribution in [0.1, 0.15) is 52.0 Å². The monoisotopic (exact) mass is 510 g/mol. The van der Waals surface area contributed by atoms with Gasteiger partial charge in [-0.1, -0.05) is 23.7 Å². The van der Waals surface area contributed by atoms with Gasteiger partial charge < -0.3 is 10.1 Å². The number of rotatable bonds is 6. The largest absolute Gasteiger partial charge is 0.465 e. The Balaban J connectivity index is 1.39. The Hall–Kier alpha value is -1.94. The Morgan fingerprint density at radius 1 is 1.15 bits per heavy atom. The number of amides is 1. The number of nitrogens with zero attached hydrogens (tertiary/aromatic N) is 1. The molecule has 0 bridgehead atoms. The maximum absolute atomic E-state index is 13.0. The highest BCUT2D eigenvalue weighted by Crippen LogP contribution is 2.39. The van der Waals surface area contributed by atoms with Crippen molar-refractivity contribution >= 4 is 49.8 Å². The Morgan fingerprint density at radius 3 is 2.48 bits per heavy atom. The second kappa shape index (κ2) is 10.1. The minimum Gasteiger partial charge on any atom is -0.465 e. The van der Waals surface area contributed by atoms with Crippen molar-refractivity contribution < 1.29 is 22.7 Å². The first-order valence-corrected chi connectivity index (χ1v) is 13.8. The molecule has 0 radical (unpaired) electrons. The van der Waals surface area contributed by atoms with Gasteiger partial charge in [0.1, 0.15) is 5.00 Å². The van der Waals surface area contributed by atoms with Crippen LogP contribution in [0.3, 0.4) is 0 Å². The average Bonchev–Trinajstić information content (AvgIpc) is 3.17. The van der Waals surface area contributed by atoms with Crippen LogP contribution < -0.4 is 5.32 Å². The molecule has 33 heavy (non-hydrogen) atoms. The van der Waals surface area contributed by atoms with E-state index >= 15 is 0 Å². The summed E-state index contributed by atoms with van der Waals surface area (Å²) in [5.74, 6) is -0.998. The van der Waals surface area contributed by atoms with Crippen molar-refractivity contribution in [3.05, 3.63) is 50.9 Å². The van der Waals surface area contributed by atoms with E-state index in [1.807, 2.05) is 0 Å². The first kappa shape index (κ1) is 24.2. The van der Waals surface area contributed by atoms with Gasteiger partial charge >= 0.3 is 5.97 Å². The van der Waals surface area contributed by atoms with E-state index in [9.17, 15) is 18.0 Å². The molecule has 0 saturated carbocycles. The van der Waals surface area contributed by atoms with Gasteiger partial charge in [0.15, 0.2) is 0 Å². The van der Waals surface area contributed by atoms with Crippen molar-refractivity contribution in [1.82, 2.24) is 4.31 Å². The van der Waals surface area contributed by atoms with Gasteiger partial charge in [0.05, 0.1) is 18.4 Å². The highest BCUT2D eigenvalue weighted by Gasteiger charge is 2.33. The minimum atomic E-state index is -3.48. The van der Waals surface area contributed by atoms with Crippen LogP contribution in [-0.2, 0) is 38.1 Å². The smallest absolute Gasteiger partial charge is 0.341 e. The summed E-state index contributed by atoms with van der Waals surface area (Å²) < 4.78 is 32.1. The molecule has 0 spiro atoms. The lowest BCUT2D eigenvalue weighted by atomic mass is 9.95. The molecule has 1 N–H and O–H groups in total. The van der Waals surface area contributed by atoms with Crippen LogP contribution in [0.2, 0.25) is 5.02 Å².